The summed E-state index contributed by atoms with van der Waals surface area (Å²) in [7, 11) is 2.26. The molecule has 0 radical (unpaired) electrons. The van der Waals surface area contributed by atoms with Gasteiger partial charge in [0.2, 0.25) is 0 Å². The molecule has 0 saturated carbocycles. The lowest BCUT2D eigenvalue weighted by Gasteiger charge is -2.39. The summed E-state index contributed by atoms with van der Waals surface area (Å²) >= 11 is 0. The van der Waals surface area contributed by atoms with Gasteiger partial charge in [0.05, 0.1) is 5.69 Å². The van der Waals surface area contributed by atoms with Crippen molar-refractivity contribution >= 4 is 0 Å². The molecule has 1 aromatic heterocycles. The Balaban J connectivity index is 1.83. The molecule has 1 aliphatic carbocycles. The van der Waals surface area contributed by atoms with Crippen molar-refractivity contribution in [3.05, 3.63) is 17.0 Å². The van der Waals surface area contributed by atoms with Crippen LogP contribution in [0, 0.1) is 11.8 Å². The number of likely N-dealkylation sites (tertiary alicyclic amines) is 1. The van der Waals surface area contributed by atoms with E-state index in [1.54, 1.807) is 5.56 Å². The monoisotopic (exact) mass is 233 g/mol. The molecule has 17 heavy (non-hydrogen) atoms. The van der Waals surface area contributed by atoms with Gasteiger partial charge in [-0.15, -0.1) is 0 Å². The predicted molar refractivity (Wildman–Crippen MR) is 69.1 cm³/mol. The highest BCUT2D eigenvalue weighted by Gasteiger charge is 2.34. The topological polar surface area (TPSA) is 31.9 Å². The van der Waals surface area contributed by atoms with Crippen LogP contribution in [0.25, 0.3) is 0 Å². The molecular weight excluding hydrogens is 210 g/mol. The van der Waals surface area contributed by atoms with Crippen molar-refractivity contribution in [2.45, 2.75) is 39.0 Å². The summed E-state index contributed by atoms with van der Waals surface area (Å²) in [5.41, 5.74) is 4.34. The van der Waals surface area contributed by atoms with Gasteiger partial charge < -0.3 is 4.90 Å². The number of fused-ring (bicyclic) bond motifs is 2. The third kappa shape index (κ3) is 2.01. The van der Waals surface area contributed by atoms with E-state index in [1.807, 2.05) is 0 Å². The number of nitrogens with one attached hydrogen (secondary N) is 1. The molecule has 1 aliphatic heterocycles. The molecule has 1 aromatic rings. The number of H-pyrrole nitrogens is 1. The van der Waals surface area contributed by atoms with E-state index in [1.165, 1.54) is 50.2 Å². The molecule has 0 unspecified atom stereocenters. The van der Waals surface area contributed by atoms with Gasteiger partial charge in [-0.1, -0.05) is 13.3 Å². The molecule has 1 N–H and O–H groups in total. The summed E-state index contributed by atoms with van der Waals surface area (Å²) < 4.78 is 0. The maximum Gasteiger partial charge on any atom is 0.0656 e. The van der Waals surface area contributed by atoms with Crippen LogP contribution in [0.2, 0.25) is 0 Å². The van der Waals surface area contributed by atoms with Crippen LogP contribution in [-0.4, -0.2) is 35.2 Å². The van der Waals surface area contributed by atoms with Crippen molar-refractivity contribution < 1.29 is 0 Å². The quantitative estimate of drug-likeness (QED) is 0.847. The van der Waals surface area contributed by atoms with E-state index in [9.17, 15) is 0 Å². The first kappa shape index (κ1) is 11.3. The number of rotatable bonds is 2. The zero-order chi connectivity index (χ0) is 11.8. The fourth-order valence-electron chi connectivity index (χ4n) is 3.58. The van der Waals surface area contributed by atoms with Crippen LogP contribution in [0.1, 0.15) is 36.7 Å². The van der Waals surface area contributed by atoms with Crippen LogP contribution < -0.4 is 0 Å². The summed E-state index contributed by atoms with van der Waals surface area (Å²) in [5.74, 6) is 1.77. The average molecular weight is 233 g/mol. The minimum absolute atomic E-state index is 0.870. The Hall–Kier alpha value is -0.830. The normalized spacial score (nSPS) is 28.8. The molecule has 94 valence electrons. The van der Waals surface area contributed by atoms with Gasteiger partial charge in [0.1, 0.15) is 0 Å². The highest BCUT2D eigenvalue weighted by molar-refractivity contribution is 5.29. The minimum Gasteiger partial charge on any atom is -0.306 e. The van der Waals surface area contributed by atoms with Crippen LogP contribution in [0.4, 0.5) is 0 Å². The molecule has 1 saturated heterocycles. The molecule has 2 atom stereocenters. The van der Waals surface area contributed by atoms with Gasteiger partial charge in [0.15, 0.2) is 0 Å². The van der Waals surface area contributed by atoms with E-state index in [4.69, 9.17) is 0 Å². The van der Waals surface area contributed by atoms with Crippen molar-refractivity contribution in [1.29, 1.82) is 0 Å². The van der Waals surface area contributed by atoms with Crippen molar-refractivity contribution in [1.82, 2.24) is 15.1 Å². The smallest absolute Gasteiger partial charge is 0.0656 e. The van der Waals surface area contributed by atoms with E-state index >= 15 is 0 Å². The Labute approximate surface area is 104 Å². The van der Waals surface area contributed by atoms with Crippen molar-refractivity contribution in [2.24, 2.45) is 11.8 Å². The third-order valence-corrected chi connectivity index (χ3v) is 4.55. The van der Waals surface area contributed by atoms with Crippen LogP contribution >= 0.6 is 0 Å². The van der Waals surface area contributed by atoms with Gasteiger partial charge in [0.25, 0.3) is 0 Å². The first-order valence-corrected chi connectivity index (χ1v) is 7.01. The van der Waals surface area contributed by atoms with E-state index in [2.05, 4.69) is 29.1 Å². The summed E-state index contributed by atoms with van der Waals surface area (Å²) in [6.07, 6.45) is 6.20. The number of nitrogens with zero attached hydrogens (tertiary/aromatic N) is 2. The minimum atomic E-state index is 0.870. The third-order valence-electron chi connectivity index (χ3n) is 4.55. The maximum atomic E-state index is 4.53. The Kier molecular flexibility index (Phi) is 2.95. The molecule has 0 aromatic carbocycles. The zero-order valence-electron chi connectivity index (χ0n) is 11.0. The standard InChI is InChI=1S/C14H23N3/c1-3-4-13-12-7-11-9-17(2)6-5-10(11)8-14(12)16-15-13/h10-11H,3-9H2,1-2H3,(H,15,16)/t10-,11+/m1/s1. The van der Waals surface area contributed by atoms with Crippen molar-refractivity contribution in [2.75, 3.05) is 20.1 Å². The van der Waals surface area contributed by atoms with Gasteiger partial charge in [-0.2, -0.15) is 5.10 Å². The van der Waals surface area contributed by atoms with Gasteiger partial charge in [-0.25, -0.2) is 0 Å². The Morgan fingerprint density at radius 3 is 3.06 bits per heavy atom. The number of aromatic nitrogens is 2. The van der Waals surface area contributed by atoms with E-state index in [0.717, 1.165) is 18.3 Å². The average Bonchev–Trinajstić information content (AvgIpc) is 2.70. The molecule has 0 spiro atoms. The van der Waals surface area contributed by atoms with E-state index < -0.39 is 0 Å². The molecule has 2 aliphatic rings. The van der Waals surface area contributed by atoms with E-state index in [0.29, 0.717) is 0 Å². The van der Waals surface area contributed by atoms with Crippen molar-refractivity contribution in [3.8, 4) is 0 Å². The number of hydrogen-bond acceptors (Lipinski definition) is 2. The Morgan fingerprint density at radius 2 is 2.24 bits per heavy atom. The van der Waals surface area contributed by atoms with Crippen LogP contribution in [-0.2, 0) is 19.3 Å². The molecule has 1 fully saturated rings. The second-order valence-electron chi connectivity index (χ2n) is 5.86. The number of aryl methyl sites for hydroxylation is 1. The highest BCUT2D eigenvalue weighted by Crippen LogP contribution is 2.35. The molecule has 0 amide bonds. The van der Waals surface area contributed by atoms with E-state index in [-0.39, 0.29) is 0 Å². The van der Waals surface area contributed by atoms with Crippen LogP contribution in [0.5, 0.6) is 0 Å². The number of aromatic amines is 1. The lowest BCUT2D eigenvalue weighted by Crippen LogP contribution is -2.41. The Bertz CT molecular complexity index is 396. The number of piperidine rings is 1. The predicted octanol–water partition coefficient (Wildman–Crippen LogP) is 2.03. The van der Waals surface area contributed by atoms with Gasteiger partial charge >= 0.3 is 0 Å². The first-order chi connectivity index (χ1) is 8.28. The maximum absolute atomic E-state index is 4.53. The summed E-state index contributed by atoms with van der Waals surface area (Å²) in [4.78, 5) is 2.49. The molecule has 3 nitrogen and oxygen atoms in total. The second kappa shape index (κ2) is 4.45. The van der Waals surface area contributed by atoms with Crippen molar-refractivity contribution in [3.63, 3.8) is 0 Å². The summed E-state index contributed by atoms with van der Waals surface area (Å²) in [6, 6.07) is 0. The molecular formula is C14H23N3. The SMILES string of the molecule is CCCc1n[nH]c2c1C[C@H]1CN(C)CC[C@@H]1C2. The van der Waals surface area contributed by atoms with Gasteiger partial charge in [0, 0.05) is 12.2 Å². The zero-order valence-corrected chi connectivity index (χ0v) is 11.0. The van der Waals surface area contributed by atoms with Crippen LogP contribution in [0.3, 0.4) is 0 Å². The fraction of sp³-hybridized carbons (Fsp3) is 0.786. The summed E-state index contributed by atoms with van der Waals surface area (Å²) in [5, 5.41) is 7.82. The molecule has 3 rings (SSSR count). The summed E-state index contributed by atoms with van der Waals surface area (Å²) in [6.45, 7) is 4.79. The highest BCUT2D eigenvalue weighted by atomic mass is 15.1. The molecule has 3 heteroatoms. The molecule has 2 heterocycles. The second-order valence-corrected chi connectivity index (χ2v) is 5.86. The Morgan fingerprint density at radius 1 is 1.35 bits per heavy atom. The van der Waals surface area contributed by atoms with Gasteiger partial charge in [-0.3, -0.25) is 5.10 Å². The number of hydrogen-bond donors (Lipinski definition) is 1. The van der Waals surface area contributed by atoms with Gasteiger partial charge in [-0.05, 0) is 56.7 Å². The fourth-order valence-corrected chi connectivity index (χ4v) is 3.58. The lowest BCUT2D eigenvalue weighted by molar-refractivity contribution is 0.133. The van der Waals surface area contributed by atoms with Crippen LogP contribution in [0.15, 0.2) is 0 Å². The molecule has 0 bridgehead atoms. The lowest BCUT2D eigenvalue weighted by atomic mass is 9.74. The largest absolute Gasteiger partial charge is 0.306 e. The first-order valence-electron chi connectivity index (χ1n) is 7.01.